The Hall–Kier alpha value is -0.940. The number of carbonyl (C=O) groups is 1. The molecule has 0 aliphatic carbocycles. The van der Waals surface area contributed by atoms with E-state index in [9.17, 15) is 9.18 Å². The minimum Gasteiger partial charge on any atom is -0.352 e. The molecule has 0 bridgehead atoms. The summed E-state index contributed by atoms with van der Waals surface area (Å²) in [6.45, 7) is 6.00. The van der Waals surface area contributed by atoms with Gasteiger partial charge < -0.3 is 10.2 Å². The molecule has 104 valence electrons. The van der Waals surface area contributed by atoms with Crippen LogP contribution in [0.1, 0.15) is 23.7 Å². The normalized spacial score (nSPS) is 19.6. The van der Waals surface area contributed by atoms with E-state index in [0.29, 0.717) is 22.5 Å². The predicted octanol–water partition coefficient (Wildman–Crippen LogP) is 2.66. The first-order valence-electron chi connectivity index (χ1n) is 6.55. The summed E-state index contributed by atoms with van der Waals surface area (Å²) >= 11 is 3.07. The van der Waals surface area contributed by atoms with Crippen LogP contribution < -0.4 is 5.32 Å². The molecule has 1 saturated heterocycles. The maximum absolute atomic E-state index is 13.3. The first-order chi connectivity index (χ1) is 9.10. The summed E-state index contributed by atoms with van der Waals surface area (Å²) in [5, 5.41) is 2.88. The fraction of sp³-hybridized carbons (Fsp3) is 0.500. The van der Waals surface area contributed by atoms with Crippen molar-refractivity contribution in [3.8, 4) is 0 Å². The van der Waals surface area contributed by atoms with Gasteiger partial charge in [-0.3, -0.25) is 4.79 Å². The Balaban J connectivity index is 1.86. The van der Waals surface area contributed by atoms with Gasteiger partial charge in [0.15, 0.2) is 0 Å². The molecule has 0 aromatic heterocycles. The summed E-state index contributed by atoms with van der Waals surface area (Å²) in [5.74, 6) is -0.115. The van der Waals surface area contributed by atoms with Gasteiger partial charge in [-0.15, -0.1) is 0 Å². The zero-order valence-corrected chi connectivity index (χ0v) is 12.5. The van der Waals surface area contributed by atoms with E-state index in [1.165, 1.54) is 6.07 Å². The van der Waals surface area contributed by atoms with Crippen LogP contribution in [-0.4, -0.2) is 37.0 Å². The number of carbonyl (C=O) groups excluding carboxylic acids is 1. The molecule has 1 heterocycles. The molecule has 1 N–H and O–H groups in total. The standard InChI is InChI=1S/C14H18BrFN2O/c1-2-18-6-5-10(9-18)8-17-14(19)11-3-4-12(15)13(16)7-11/h3-4,7,10H,2,5-6,8-9H2,1H3,(H,17,19). The Morgan fingerprint density at radius 2 is 2.37 bits per heavy atom. The van der Waals surface area contributed by atoms with Crippen molar-refractivity contribution < 1.29 is 9.18 Å². The van der Waals surface area contributed by atoms with Gasteiger partial charge in [0.05, 0.1) is 4.47 Å². The van der Waals surface area contributed by atoms with Crippen molar-refractivity contribution in [2.24, 2.45) is 5.92 Å². The molecule has 1 atom stereocenters. The second-order valence-corrected chi connectivity index (χ2v) is 5.74. The van der Waals surface area contributed by atoms with Gasteiger partial charge in [0.25, 0.3) is 5.91 Å². The Morgan fingerprint density at radius 3 is 3.00 bits per heavy atom. The van der Waals surface area contributed by atoms with Crippen LogP contribution in [0.2, 0.25) is 0 Å². The molecular weight excluding hydrogens is 311 g/mol. The van der Waals surface area contributed by atoms with E-state index in [1.807, 2.05) is 0 Å². The van der Waals surface area contributed by atoms with E-state index in [2.05, 4.69) is 33.1 Å². The lowest BCUT2D eigenvalue weighted by molar-refractivity contribution is 0.0947. The van der Waals surface area contributed by atoms with E-state index in [-0.39, 0.29) is 5.91 Å². The third kappa shape index (κ3) is 3.76. The number of nitrogens with zero attached hydrogens (tertiary/aromatic N) is 1. The second kappa shape index (κ2) is 6.48. The zero-order chi connectivity index (χ0) is 13.8. The van der Waals surface area contributed by atoms with Gasteiger partial charge in [0.2, 0.25) is 0 Å². The Bertz CT molecular complexity index is 467. The fourth-order valence-corrected chi connectivity index (χ4v) is 2.59. The Morgan fingerprint density at radius 1 is 1.58 bits per heavy atom. The molecule has 2 rings (SSSR count). The summed E-state index contributed by atoms with van der Waals surface area (Å²) in [7, 11) is 0. The number of rotatable bonds is 4. The highest BCUT2D eigenvalue weighted by molar-refractivity contribution is 9.10. The maximum Gasteiger partial charge on any atom is 0.251 e. The number of halogens is 2. The molecule has 3 nitrogen and oxygen atoms in total. The smallest absolute Gasteiger partial charge is 0.251 e. The Labute approximate surface area is 121 Å². The number of benzene rings is 1. The summed E-state index contributed by atoms with van der Waals surface area (Å²) < 4.78 is 13.7. The van der Waals surface area contributed by atoms with E-state index >= 15 is 0 Å². The molecule has 1 aromatic rings. The van der Waals surface area contributed by atoms with Crippen LogP contribution in [0, 0.1) is 11.7 Å². The molecule has 5 heteroatoms. The fourth-order valence-electron chi connectivity index (χ4n) is 2.34. The molecule has 1 aliphatic heterocycles. The predicted molar refractivity (Wildman–Crippen MR) is 76.7 cm³/mol. The largest absolute Gasteiger partial charge is 0.352 e. The van der Waals surface area contributed by atoms with Crippen molar-refractivity contribution in [2.75, 3.05) is 26.2 Å². The molecular formula is C14H18BrFN2O. The first-order valence-corrected chi connectivity index (χ1v) is 7.35. The van der Waals surface area contributed by atoms with Crippen molar-refractivity contribution in [3.63, 3.8) is 0 Å². The average Bonchev–Trinajstić information content (AvgIpc) is 2.87. The Kier molecular flexibility index (Phi) is 4.93. The van der Waals surface area contributed by atoms with Crippen LogP contribution >= 0.6 is 15.9 Å². The van der Waals surface area contributed by atoms with Gasteiger partial charge in [0.1, 0.15) is 5.82 Å². The monoisotopic (exact) mass is 328 g/mol. The van der Waals surface area contributed by atoms with Crippen molar-refractivity contribution in [1.82, 2.24) is 10.2 Å². The van der Waals surface area contributed by atoms with Crippen molar-refractivity contribution in [1.29, 1.82) is 0 Å². The molecule has 1 fully saturated rings. The van der Waals surface area contributed by atoms with Crippen LogP contribution in [0.25, 0.3) is 0 Å². The van der Waals surface area contributed by atoms with Crippen LogP contribution in [0.5, 0.6) is 0 Å². The SMILES string of the molecule is CCN1CCC(CNC(=O)c2ccc(Br)c(F)c2)C1. The van der Waals surface area contributed by atoms with Crippen LogP contribution in [0.3, 0.4) is 0 Å². The topological polar surface area (TPSA) is 32.3 Å². The third-order valence-corrected chi connectivity index (χ3v) is 4.19. The summed E-state index contributed by atoms with van der Waals surface area (Å²) in [5.41, 5.74) is 0.367. The lowest BCUT2D eigenvalue weighted by atomic mass is 10.1. The van der Waals surface area contributed by atoms with Gasteiger partial charge in [-0.1, -0.05) is 6.92 Å². The molecule has 1 aliphatic rings. The van der Waals surface area contributed by atoms with Gasteiger partial charge in [-0.25, -0.2) is 4.39 Å². The molecule has 1 aromatic carbocycles. The first kappa shape index (κ1) is 14.5. The summed E-state index contributed by atoms with van der Waals surface area (Å²) in [6.07, 6.45) is 1.11. The molecule has 1 amide bonds. The van der Waals surface area contributed by atoms with Crippen LogP contribution in [0.15, 0.2) is 22.7 Å². The summed E-state index contributed by atoms with van der Waals surface area (Å²) in [4.78, 5) is 14.3. The van der Waals surface area contributed by atoms with E-state index in [0.717, 1.165) is 26.1 Å². The highest BCUT2D eigenvalue weighted by Crippen LogP contribution is 2.17. The third-order valence-electron chi connectivity index (χ3n) is 3.55. The van der Waals surface area contributed by atoms with Gasteiger partial charge in [-0.05, 0) is 59.6 Å². The maximum atomic E-state index is 13.3. The van der Waals surface area contributed by atoms with Gasteiger partial charge in [-0.2, -0.15) is 0 Å². The molecule has 0 spiro atoms. The van der Waals surface area contributed by atoms with E-state index < -0.39 is 5.82 Å². The molecule has 1 unspecified atom stereocenters. The lowest BCUT2D eigenvalue weighted by Crippen LogP contribution is -2.31. The highest BCUT2D eigenvalue weighted by atomic mass is 79.9. The van der Waals surface area contributed by atoms with Crippen molar-refractivity contribution in [2.45, 2.75) is 13.3 Å². The van der Waals surface area contributed by atoms with Gasteiger partial charge >= 0.3 is 0 Å². The number of nitrogens with one attached hydrogen (secondary N) is 1. The minimum atomic E-state index is -0.411. The lowest BCUT2D eigenvalue weighted by Gasteiger charge is -2.13. The van der Waals surface area contributed by atoms with Crippen molar-refractivity contribution in [3.05, 3.63) is 34.1 Å². The zero-order valence-electron chi connectivity index (χ0n) is 11.0. The van der Waals surface area contributed by atoms with E-state index in [1.54, 1.807) is 12.1 Å². The minimum absolute atomic E-state index is 0.207. The van der Waals surface area contributed by atoms with Crippen molar-refractivity contribution >= 4 is 21.8 Å². The van der Waals surface area contributed by atoms with Crippen LogP contribution in [0.4, 0.5) is 4.39 Å². The highest BCUT2D eigenvalue weighted by Gasteiger charge is 2.21. The number of amides is 1. The molecule has 0 saturated carbocycles. The van der Waals surface area contributed by atoms with Crippen LogP contribution in [-0.2, 0) is 0 Å². The molecule has 19 heavy (non-hydrogen) atoms. The average molecular weight is 329 g/mol. The van der Waals surface area contributed by atoms with Gasteiger partial charge in [0, 0.05) is 18.7 Å². The summed E-state index contributed by atoms with van der Waals surface area (Å²) in [6, 6.07) is 4.43. The quantitative estimate of drug-likeness (QED) is 0.921. The molecule has 0 radical (unpaired) electrons. The number of likely N-dealkylation sites (tertiary alicyclic amines) is 1. The number of hydrogen-bond donors (Lipinski definition) is 1. The number of hydrogen-bond acceptors (Lipinski definition) is 2. The second-order valence-electron chi connectivity index (χ2n) is 4.89. The van der Waals surface area contributed by atoms with E-state index in [4.69, 9.17) is 0 Å².